The lowest BCUT2D eigenvalue weighted by Crippen LogP contribution is -2.13. The summed E-state index contributed by atoms with van der Waals surface area (Å²) in [6, 6.07) is 11.2. The van der Waals surface area contributed by atoms with Crippen molar-refractivity contribution in [1.29, 1.82) is 0 Å². The van der Waals surface area contributed by atoms with Crippen molar-refractivity contribution in [3.8, 4) is 5.69 Å². The van der Waals surface area contributed by atoms with Crippen molar-refractivity contribution in [1.82, 2.24) is 9.78 Å². The predicted molar refractivity (Wildman–Crippen MR) is 95.6 cm³/mol. The number of nitrogens with one attached hydrogen (secondary N) is 1. The summed E-state index contributed by atoms with van der Waals surface area (Å²) in [4.78, 5) is 0.0789. The summed E-state index contributed by atoms with van der Waals surface area (Å²) in [6.07, 6.45) is -3.44. The van der Waals surface area contributed by atoms with E-state index in [2.05, 4.69) is 9.82 Å². The number of nitrogens with zero attached hydrogens (tertiary/aromatic N) is 2. The van der Waals surface area contributed by atoms with Gasteiger partial charge in [0.05, 0.1) is 21.3 Å². The molecular formula is C17H13ClF3N3O2S. The minimum atomic E-state index is -4.57. The number of hydrogen-bond donors (Lipinski definition) is 1. The molecule has 1 N–H and O–H groups in total. The molecule has 3 rings (SSSR count). The number of sulfonamides is 1. The molecule has 0 fully saturated rings. The molecule has 10 heteroatoms. The fraction of sp³-hybridized carbons (Fsp3) is 0.118. The number of anilines is 1. The average Bonchev–Trinajstić information content (AvgIpc) is 3.05. The van der Waals surface area contributed by atoms with Gasteiger partial charge in [0, 0.05) is 6.20 Å². The fourth-order valence-electron chi connectivity index (χ4n) is 2.30. The second kappa shape index (κ2) is 6.90. The molecule has 0 saturated heterocycles. The minimum absolute atomic E-state index is 0.0379. The maximum Gasteiger partial charge on any atom is 0.435 e. The van der Waals surface area contributed by atoms with Crippen molar-refractivity contribution in [2.75, 3.05) is 4.72 Å². The van der Waals surface area contributed by atoms with Crippen molar-refractivity contribution in [3.05, 3.63) is 71.0 Å². The Hall–Kier alpha value is -2.52. The normalized spacial score (nSPS) is 12.2. The van der Waals surface area contributed by atoms with Crippen LogP contribution in [0.15, 0.2) is 59.6 Å². The van der Waals surface area contributed by atoms with Crippen LogP contribution < -0.4 is 4.72 Å². The Balaban J connectivity index is 1.87. The van der Waals surface area contributed by atoms with Gasteiger partial charge in [-0.3, -0.25) is 4.72 Å². The molecule has 0 saturated carbocycles. The summed E-state index contributed by atoms with van der Waals surface area (Å²) >= 11 is 6.11. The highest BCUT2D eigenvalue weighted by Gasteiger charge is 2.33. The van der Waals surface area contributed by atoms with Crippen LogP contribution in [0.2, 0.25) is 5.02 Å². The predicted octanol–water partition coefficient (Wildman–Crippen LogP) is 4.65. The largest absolute Gasteiger partial charge is 0.435 e. The van der Waals surface area contributed by atoms with Crippen molar-refractivity contribution in [3.63, 3.8) is 0 Å². The number of alkyl halides is 3. The number of aryl methyl sites for hydroxylation is 1. The molecule has 0 amide bonds. The molecule has 0 atom stereocenters. The summed E-state index contributed by atoms with van der Waals surface area (Å²) in [5, 5.41) is 3.48. The van der Waals surface area contributed by atoms with Gasteiger partial charge in [-0.2, -0.15) is 18.3 Å². The second-order valence-electron chi connectivity index (χ2n) is 5.73. The highest BCUT2D eigenvalue weighted by Crippen LogP contribution is 2.30. The Labute approximate surface area is 158 Å². The molecule has 5 nitrogen and oxygen atoms in total. The highest BCUT2D eigenvalue weighted by atomic mass is 35.5. The Morgan fingerprint density at radius 1 is 1.07 bits per heavy atom. The van der Waals surface area contributed by atoms with E-state index >= 15 is 0 Å². The van der Waals surface area contributed by atoms with Crippen molar-refractivity contribution < 1.29 is 21.6 Å². The average molecular weight is 416 g/mol. The number of aromatic nitrogens is 2. The third-order valence-corrected chi connectivity index (χ3v) is 5.36. The van der Waals surface area contributed by atoms with Crippen LogP contribution in [0.25, 0.3) is 5.69 Å². The molecule has 0 bridgehead atoms. The second-order valence-corrected chi connectivity index (χ2v) is 7.82. The van der Waals surface area contributed by atoms with Gasteiger partial charge in [0.15, 0.2) is 5.69 Å². The van der Waals surface area contributed by atoms with Crippen molar-refractivity contribution >= 4 is 27.3 Å². The van der Waals surface area contributed by atoms with Gasteiger partial charge in [0.1, 0.15) is 0 Å². The molecule has 0 unspecified atom stereocenters. The van der Waals surface area contributed by atoms with Crippen molar-refractivity contribution in [2.45, 2.75) is 18.0 Å². The van der Waals surface area contributed by atoms with Gasteiger partial charge in [0.25, 0.3) is 10.0 Å². The van der Waals surface area contributed by atoms with Gasteiger partial charge < -0.3 is 0 Å². The van der Waals surface area contributed by atoms with E-state index in [1.165, 1.54) is 30.3 Å². The van der Waals surface area contributed by atoms with Crippen LogP contribution in [0.4, 0.5) is 18.9 Å². The number of benzene rings is 2. The standard InChI is InChI=1S/C17H13ClF3N3O2S/c1-11-2-5-13(6-3-11)27(25,26)23-12-4-7-15(14(18)10-12)24-9-8-16(22-24)17(19,20)21/h2-10,23H,1H3. The molecular weight excluding hydrogens is 403 g/mol. The van der Waals surface area contributed by atoms with Gasteiger partial charge in [0.2, 0.25) is 0 Å². The van der Waals surface area contributed by atoms with E-state index < -0.39 is 21.9 Å². The van der Waals surface area contributed by atoms with E-state index in [1.807, 2.05) is 6.92 Å². The van der Waals surface area contributed by atoms with Crippen LogP contribution >= 0.6 is 11.6 Å². The molecule has 0 aliphatic heterocycles. The molecule has 2 aromatic carbocycles. The summed E-state index contributed by atoms with van der Waals surface area (Å²) in [5.74, 6) is 0. The summed E-state index contributed by atoms with van der Waals surface area (Å²) in [7, 11) is -3.82. The van der Waals surface area contributed by atoms with E-state index in [1.54, 1.807) is 12.1 Å². The zero-order valence-electron chi connectivity index (χ0n) is 13.8. The third-order valence-electron chi connectivity index (χ3n) is 3.66. The van der Waals surface area contributed by atoms with Crippen LogP contribution in [0.3, 0.4) is 0 Å². The smallest absolute Gasteiger partial charge is 0.280 e. The van der Waals surface area contributed by atoms with Gasteiger partial charge in [-0.05, 0) is 43.3 Å². The number of rotatable bonds is 4. The Bertz CT molecular complexity index is 1080. The lowest BCUT2D eigenvalue weighted by Gasteiger charge is -2.11. The molecule has 0 aliphatic carbocycles. The highest BCUT2D eigenvalue weighted by molar-refractivity contribution is 7.92. The molecule has 1 heterocycles. The van der Waals surface area contributed by atoms with Crippen LogP contribution in [0.1, 0.15) is 11.3 Å². The molecule has 1 aromatic heterocycles. The van der Waals surface area contributed by atoms with E-state index in [-0.39, 0.29) is 21.3 Å². The zero-order valence-corrected chi connectivity index (χ0v) is 15.4. The molecule has 0 spiro atoms. The van der Waals surface area contributed by atoms with E-state index in [0.717, 1.165) is 22.5 Å². The number of halogens is 4. The van der Waals surface area contributed by atoms with Crippen molar-refractivity contribution in [2.24, 2.45) is 0 Å². The maximum absolute atomic E-state index is 12.7. The van der Waals surface area contributed by atoms with Gasteiger partial charge in [-0.25, -0.2) is 13.1 Å². The first-order valence-corrected chi connectivity index (χ1v) is 9.45. The summed E-state index contributed by atoms with van der Waals surface area (Å²) in [6.45, 7) is 1.84. The zero-order chi connectivity index (χ0) is 19.8. The summed E-state index contributed by atoms with van der Waals surface area (Å²) < 4.78 is 66.2. The maximum atomic E-state index is 12.7. The van der Waals surface area contributed by atoms with Crippen LogP contribution in [-0.4, -0.2) is 18.2 Å². The minimum Gasteiger partial charge on any atom is -0.280 e. The Morgan fingerprint density at radius 3 is 2.30 bits per heavy atom. The van der Waals surface area contributed by atoms with Crippen LogP contribution in [-0.2, 0) is 16.2 Å². The molecule has 0 radical (unpaired) electrons. The van der Waals surface area contributed by atoms with E-state index in [0.29, 0.717) is 0 Å². The molecule has 142 valence electrons. The van der Waals surface area contributed by atoms with Gasteiger partial charge in [-0.1, -0.05) is 29.3 Å². The van der Waals surface area contributed by atoms with Gasteiger partial charge >= 0.3 is 6.18 Å². The quantitative estimate of drug-likeness (QED) is 0.674. The Kier molecular flexibility index (Phi) is 4.92. The monoisotopic (exact) mass is 415 g/mol. The van der Waals surface area contributed by atoms with E-state index in [4.69, 9.17) is 11.6 Å². The lowest BCUT2D eigenvalue weighted by atomic mass is 10.2. The summed E-state index contributed by atoms with van der Waals surface area (Å²) in [5.41, 5.74) is 0.222. The van der Waals surface area contributed by atoms with Crippen LogP contribution in [0, 0.1) is 6.92 Å². The lowest BCUT2D eigenvalue weighted by molar-refractivity contribution is -0.141. The fourth-order valence-corrected chi connectivity index (χ4v) is 3.61. The SMILES string of the molecule is Cc1ccc(S(=O)(=O)Nc2ccc(-n3ccc(C(F)(F)F)n3)c(Cl)c2)cc1. The topological polar surface area (TPSA) is 64.0 Å². The first-order valence-electron chi connectivity index (χ1n) is 7.58. The number of hydrogen-bond acceptors (Lipinski definition) is 3. The first kappa shape index (κ1) is 19.2. The third kappa shape index (κ3) is 4.25. The van der Waals surface area contributed by atoms with Gasteiger partial charge in [-0.15, -0.1) is 0 Å². The molecule has 27 heavy (non-hydrogen) atoms. The van der Waals surface area contributed by atoms with Crippen LogP contribution in [0.5, 0.6) is 0 Å². The van der Waals surface area contributed by atoms with E-state index in [9.17, 15) is 21.6 Å². The molecule has 3 aromatic rings. The molecule has 0 aliphatic rings. The first-order chi connectivity index (χ1) is 12.6. The Morgan fingerprint density at radius 2 is 1.74 bits per heavy atom.